The van der Waals surface area contributed by atoms with Crippen molar-refractivity contribution in [3.05, 3.63) is 29.0 Å². The van der Waals surface area contributed by atoms with E-state index in [1.54, 1.807) is 12.1 Å². The number of aliphatic hydroxyl groups is 1. The predicted molar refractivity (Wildman–Crippen MR) is 51.0 cm³/mol. The highest BCUT2D eigenvalue weighted by Crippen LogP contribution is 2.13. The molecule has 1 atom stereocenters. The van der Waals surface area contributed by atoms with Gasteiger partial charge < -0.3 is 9.84 Å². The number of aliphatic hydroxyl groups excluding tert-OH is 1. The van der Waals surface area contributed by atoms with Crippen LogP contribution in [0.2, 0.25) is 5.15 Å². The van der Waals surface area contributed by atoms with Gasteiger partial charge in [-0.05, 0) is 11.6 Å². The Morgan fingerprint density at radius 1 is 1.79 bits per heavy atom. The average molecular weight is 216 g/mol. The first-order valence-corrected chi connectivity index (χ1v) is 4.38. The van der Waals surface area contributed by atoms with Gasteiger partial charge in [0, 0.05) is 12.6 Å². The summed E-state index contributed by atoms with van der Waals surface area (Å²) in [5, 5.41) is 9.62. The quantitative estimate of drug-likeness (QED) is 0.599. The van der Waals surface area contributed by atoms with Gasteiger partial charge in [0.25, 0.3) is 0 Å². The molecule has 0 saturated heterocycles. The van der Waals surface area contributed by atoms with Gasteiger partial charge in [-0.2, -0.15) is 0 Å². The first-order valence-electron chi connectivity index (χ1n) is 4.00. The Kier molecular flexibility index (Phi) is 3.85. The summed E-state index contributed by atoms with van der Waals surface area (Å²) in [5.41, 5.74) is 0.618. The van der Waals surface area contributed by atoms with Crippen LogP contribution in [0.5, 0.6) is 0 Å². The van der Waals surface area contributed by atoms with Gasteiger partial charge >= 0.3 is 5.97 Å². The van der Waals surface area contributed by atoms with Crippen LogP contribution in [-0.2, 0) is 16.0 Å². The molecule has 0 aliphatic carbocycles. The van der Waals surface area contributed by atoms with Crippen LogP contribution >= 0.6 is 11.6 Å². The molecule has 14 heavy (non-hydrogen) atoms. The number of hydrogen-bond donors (Lipinski definition) is 1. The molecule has 5 heteroatoms. The maximum absolute atomic E-state index is 10.9. The van der Waals surface area contributed by atoms with Crippen molar-refractivity contribution >= 4 is 17.6 Å². The van der Waals surface area contributed by atoms with E-state index >= 15 is 0 Å². The third-order valence-corrected chi connectivity index (χ3v) is 2.06. The topological polar surface area (TPSA) is 59.4 Å². The van der Waals surface area contributed by atoms with Crippen molar-refractivity contribution < 1.29 is 14.6 Å². The minimum absolute atomic E-state index is 0.110. The van der Waals surface area contributed by atoms with Crippen LogP contribution in [0.3, 0.4) is 0 Å². The molecular weight excluding hydrogens is 206 g/mol. The van der Waals surface area contributed by atoms with Gasteiger partial charge in [-0.15, -0.1) is 0 Å². The molecule has 0 saturated carbocycles. The summed E-state index contributed by atoms with van der Waals surface area (Å²) < 4.78 is 4.37. The number of esters is 1. The zero-order valence-corrected chi connectivity index (χ0v) is 8.36. The standard InChI is InChI=1S/C9H10ClNO3/c1-14-9(13)7(12)5-6-3-2-4-11-8(6)10/h2-4,7,12H,5H2,1H3. The van der Waals surface area contributed by atoms with Gasteiger partial charge in [-0.25, -0.2) is 9.78 Å². The second kappa shape index (κ2) is 4.93. The van der Waals surface area contributed by atoms with Crippen LogP contribution < -0.4 is 0 Å². The average Bonchev–Trinajstić information content (AvgIpc) is 2.20. The van der Waals surface area contributed by atoms with Crippen molar-refractivity contribution in [2.24, 2.45) is 0 Å². The highest BCUT2D eigenvalue weighted by molar-refractivity contribution is 6.30. The zero-order chi connectivity index (χ0) is 10.6. The molecule has 0 amide bonds. The number of rotatable bonds is 3. The van der Waals surface area contributed by atoms with Crippen LogP contribution in [0.15, 0.2) is 18.3 Å². The van der Waals surface area contributed by atoms with Crippen molar-refractivity contribution in [3.63, 3.8) is 0 Å². The second-order valence-electron chi connectivity index (χ2n) is 2.70. The SMILES string of the molecule is COC(=O)C(O)Cc1cccnc1Cl. The lowest BCUT2D eigenvalue weighted by Gasteiger charge is -2.08. The third-order valence-electron chi connectivity index (χ3n) is 1.72. The number of aromatic nitrogens is 1. The van der Waals surface area contributed by atoms with Crippen molar-refractivity contribution in [3.8, 4) is 0 Å². The summed E-state index contributed by atoms with van der Waals surface area (Å²) in [6.07, 6.45) is 0.456. The normalized spacial score (nSPS) is 12.2. The number of hydrogen-bond acceptors (Lipinski definition) is 4. The highest BCUT2D eigenvalue weighted by atomic mass is 35.5. The van der Waals surface area contributed by atoms with Crippen LogP contribution in [0.25, 0.3) is 0 Å². The number of carbonyl (C=O) groups is 1. The van der Waals surface area contributed by atoms with Gasteiger partial charge in [0.15, 0.2) is 6.10 Å². The molecule has 0 aromatic carbocycles. The van der Waals surface area contributed by atoms with E-state index in [0.717, 1.165) is 0 Å². The smallest absolute Gasteiger partial charge is 0.335 e. The fourth-order valence-corrected chi connectivity index (χ4v) is 1.20. The van der Waals surface area contributed by atoms with Crippen molar-refractivity contribution in [2.45, 2.75) is 12.5 Å². The lowest BCUT2D eigenvalue weighted by Crippen LogP contribution is -2.24. The minimum Gasteiger partial charge on any atom is -0.467 e. The fourth-order valence-electron chi connectivity index (χ4n) is 0.999. The van der Waals surface area contributed by atoms with Crippen molar-refractivity contribution in [2.75, 3.05) is 7.11 Å². The molecule has 1 aromatic rings. The lowest BCUT2D eigenvalue weighted by atomic mass is 10.1. The Bertz CT molecular complexity index is 330. The van der Waals surface area contributed by atoms with E-state index in [9.17, 15) is 9.90 Å². The molecule has 0 spiro atoms. The largest absolute Gasteiger partial charge is 0.467 e. The first-order chi connectivity index (χ1) is 6.65. The van der Waals surface area contributed by atoms with E-state index < -0.39 is 12.1 Å². The van der Waals surface area contributed by atoms with Gasteiger partial charge in [-0.3, -0.25) is 0 Å². The molecule has 0 aliphatic rings. The van der Waals surface area contributed by atoms with Crippen LogP contribution in [0, 0.1) is 0 Å². The molecule has 1 aromatic heterocycles. The molecule has 76 valence electrons. The molecule has 0 fully saturated rings. The monoisotopic (exact) mass is 215 g/mol. The Hall–Kier alpha value is -1.13. The zero-order valence-electron chi connectivity index (χ0n) is 7.61. The minimum atomic E-state index is -1.19. The maximum atomic E-state index is 10.9. The second-order valence-corrected chi connectivity index (χ2v) is 3.05. The molecule has 1 N–H and O–H groups in total. The van der Waals surface area contributed by atoms with Gasteiger partial charge in [0.1, 0.15) is 5.15 Å². The first kappa shape index (κ1) is 10.9. The summed E-state index contributed by atoms with van der Waals surface area (Å²) in [4.78, 5) is 14.7. The molecule has 0 radical (unpaired) electrons. The number of ether oxygens (including phenoxy) is 1. The maximum Gasteiger partial charge on any atom is 0.335 e. The molecule has 4 nitrogen and oxygen atoms in total. The number of halogens is 1. The van der Waals surface area contributed by atoms with Crippen LogP contribution in [0.1, 0.15) is 5.56 Å². The highest BCUT2D eigenvalue weighted by Gasteiger charge is 2.17. The van der Waals surface area contributed by atoms with E-state index in [1.807, 2.05) is 0 Å². The molecule has 1 rings (SSSR count). The molecule has 0 aliphatic heterocycles. The Morgan fingerprint density at radius 2 is 2.50 bits per heavy atom. The predicted octanol–water partition coefficient (Wildman–Crippen LogP) is 0.811. The van der Waals surface area contributed by atoms with Crippen LogP contribution in [0.4, 0.5) is 0 Å². The van der Waals surface area contributed by atoms with Gasteiger partial charge in [0.05, 0.1) is 7.11 Å². The summed E-state index contributed by atoms with van der Waals surface area (Å²) >= 11 is 5.74. The van der Waals surface area contributed by atoms with Crippen molar-refractivity contribution in [1.82, 2.24) is 4.98 Å². The Balaban J connectivity index is 2.69. The Labute approximate surface area is 86.5 Å². The van der Waals surface area contributed by atoms with E-state index in [-0.39, 0.29) is 11.6 Å². The summed E-state index contributed by atoms with van der Waals surface area (Å²) in [5.74, 6) is -0.676. The summed E-state index contributed by atoms with van der Waals surface area (Å²) in [6, 6.07) is 3.38. The van der Waals surface area contributed by atoms with E-state index in [2.05, 4.69) is 9.72 Å². The van der Waals surface area contributed by atoms with E-state index in [1.165, 1.54) is 13.3 Å². The fraction of sp³-hybridized carbons (Fsp3) is 0.333. The van der Waals surface area contributed by atoms with Crippen LogP contribution in [-0.4, -0.2) is 29.3 Å². The molecule has 0 bridgehead atoms. The van der Waals surface area contributed by atoms with Gasteiger partial charge in [-0.1, -0.05) is 17.7 Å². The molecule has 1 unspecified atom stereocenters. The van der Waals surface area contributed by atoms with Crippen molar-refractivity contribution in [1.29, 1.82) is 0 Å². The summed E-state index contributed by atoms with van der Waals surface area (Å²) in [6.45, 7) is 0. The third kappa shape index (κ3) is 2.68. The lowest BCUT2D eigenvalue weighted by molar-refractivity contribution is -0.150. The number of carbonyl (C=O) groups excluding carboxylic acids is 1. The number of methoxy groups -OCH3 is 1. The Morgan fingerprint density at radius 3 is 3.07 bits per heavy atom. The molecular formula is C9H10ClNO3. The molecule has 1 heterocycles. The van der Waals surface area contributed by atoms with E-state index in [4.69, 9.17) is 11.6 Å². The van der Waals surface area contributed by atoms with E-state index in [0.29, 0.717) is 5.56 Å². The van der Waals surface area contributed by atoms with Gasteiger partial charge in [0.2, 0.25) is 0 Å². The number of pyridine rings is 1. The summed E-state index contributed by atoms with van der Waals surface area (Å²) in [7, 11) is 1.22. The number of nitrogens with zero attached hydrogens (tertiary/aromatic N) is 1.